The first-order valence-corrected chi connectivity index (χ1v) is 10.2. The van der Waals surface area contributed by atoms with Crippen LogP contribution in [0, 0.1) is 5.41 Å². The van der Waals surface area contributed by atoms with Gasteiger partial charge in [-0.1, -0.05) is 26.0 Å². The molecule has 7 heteroatoms. The average Bonchev–Trinajstić information content (AvgIpc) is 3.10. The van der Waals surface area contributed by atoms with Crippen LogP contribution < -0.4 is 10.1 Å². The molecule has 156 valence electrons. The van der Waals surface area contributed by atoms with Crippen LogP contribution in [0.1, 0.15) is 66.1 Å². The van der Waals surface area contributed by atoms with Crippen LogP contribution in [0.4, 0.5) is 0 Å². The molecule has 1 aliphatic carbocycles. The predicted molar refractivity (Wildman–Crippen MR) is 113 cm³/mol. The summed E-state index contributed by atoms with van der Waals surface area (Å²) in [6.07, 6.45) is 4.41. The van der Waals surface area contributed by atoms with Crippen molar-refractivity contribution >= 4 is 17.3 Å². The van der Waals surface area contributed by atoms with Crippen LogP contribution in [-0.2, 0) is 13.0 Å². The van der Waals surface area contributed by atoms with Crippen molar-refractivity contribution in [2.24, 2.45) is 5.41 Å². The number of nitrogens with one attached hydrogen (secondary N) is 1. The molecule has 0 bridgehead atoms. The van der Waals surface area contributed by atoms with Crippen LogP contribution in [0.3, 0.4) is 0 Å². The number of nitrogens with zero attached hydrogens (tertiary/aromatic N) is 3. The third-order valence-corrected chi connectivity index (χ3v) is 5.20. The number of carbonyl (C=O) groups is 2. The number of rotatable bonds is 5. The van der Waals surface area contributed by atoms with Crippen molar-refractivity contribution in [1.29, 1.82) is 0 Å². The van der Waals surface area contributed by atoms with Crippen molar-refractivity contribution in [2.75, 3.05) is 0 Å². The lowest BCUT2D eigenvalue weighted by atomic mass is 9.76. The molecule has 1 aromatic carbocycles. The second kappa shape index (κ2) is 7.55. The van der Waals surface area contributed by atoms with E-state index in [1.807, 2.05) is 38.1 Å². The van der Waals surface area contributed by atoms with Crippen molar-refractivity contribution in [3.63, 3.8) is 0 Å². The van der Waals surface area contributed by atoms with Crippen LogP contribution in [0.2, 0.25) is 0 Å². The second-order valence-corrected chi connectivity index (χ2v) is 8.85. The highest BCUT2D eigenvalue weighted by Crippen LogP contribution is 2.34. The first kappa shape index (κ1) is 20.1. The molecular weight excluding hydrogens is 380 g/mol. The van der Waals surface area contributed by atoms with Gasteiger partial charge in [-0.15, -0.1) is 0 Å². The highest BCUT2D eigenvalue weighted by atomic mass is 16.5. The summed E-state index contributed by atoms with van der Waals surface area (Å²) in [7, 11) is 0. The molecule has 2 aromatic heterocycles. The number of hydrogen-bond acceptors (Lipinski definition) is 5. The largest absolute Gasteiger partial charge is 0.491 e. The van der Waals surface area contributed by atoms with E-state index >= 15 is 0 Å². The van der Waals surface area contributed by atoms with Crippen molar-refractivity contribution < 1.29 is 14.3 Å². The maximum absolute atomic E-state index is 12.8. The summed E-state index contributed by atoms with van der Waals surface area (Å²) in [5, 5.41) is 7.29. The summed E-state index contributed by atoms with van der Waals surface area (Å²) in [5.41, 5.74) is 3.11. The lowest BCUT2D eigenvalue weighted by Crippen LogP contribution is -2.29. The van der Waals surface area contributed by atoms with Gasteiger partial charge in [-0.2, -0.15) is 5.10 Å². The average molecular weight is 406 g/mol. The number of ether oxygens (including phenoxy) is 1. The highest BCUT2D eigenvalue weighted by Gasteiger charge is 2.33. The minimum absolute atomic E-state index is 0.0713. The molecule has 0 spiro atoms. The normalized spacial score (nSPS) is 15.3. The van der Waals surface area contributed by atoms with E-state index in [2.05, 4.69) is 29.2 Å². The van der Waals surface area contributed by atoms with E-state index in [4.69, 9.17) is 4.74 Å². The number of aromatic nitrogens is 3. The number of carbonyl (C=O) groups excluding carboxylic acids is 2. The second-order valence-electron chi connectivity index (χ2n) is 8.85. The molecule has 30 heavy (non-hydrogen) atoms. The zero-order valence-corrected chi connectivity index (χ0v) is 17.7. The van der Waals surface area contributed by atoms with Gasteiger partial charge in [-0.3, -0.25) is 9.59 Å². The zero-order valence-electron chi connectivity index (χ0n) is 17.7. The van der Waals surface area contributed by atoms with Crippen LogP contribution in [0.15, 0.2) is 36.7 Å². The molecule has 1 aliphatic rings. The Morgan fingerprint density at radius 1 is 1.20 bits per heavy atom. The number of Topliss-reactive ketones (excluding diaryl/α,β-unsaturated/α-hetero) is 1. The fourth-order valence-electron chi connectivity index (χ4n) is 3.82. The molecule has 3 aromatic rings. The molecule has 2 heterocycles. The van der Waals surface area contributed by atoms with E-state index in [-0.39, 0.29) is 23.2 Å². The van der Waals surface area contributed by atoms with E-state index in [9.17, 15) is 9.59 Å². The Kier molecular flexibility index (Phi) is 5.05. The fourth-order valence-corrected chi connectivity index (χ4v) is 3.82. The van der Waals surface area contributed by atoms with Crippen molar-refractivity contribution in [3.05, 3.63) is 59.0 Å². The molecule has 7 nitrogen and oxygen atoms in total. The van der Waals surface area contributed by atoms with Gasteiger partial charge < -0.3 is 10.1 Å². The Labute approximate surface area is 175 Å². The minimum Gasteiger partial charge on any atom is -0.491 e. The summed E-state index contributed by atoms with van der Waals surface area (Å²) in [4.78, 5) is 29.6. The smallest absolute Gasteiger partial charge is 0.257 e. The highest BCUT2D eigenvalue weighted by molar-refractivity contribution is 6.01. The first-order chi connectivity index (χ1) is 14.2. The number of hydrogen-bond donors (Lipinski definition) is 1. The first-order valence-electron chi connectivity index (χ1n) is 10.2. The quantitative estimate of drug-likeness (QED) is 0.700. The molecule has 4 rings (SSSR count). The van der Waals surface area contributed by atoms with E-state index in [0.29, 0.717) is 36.2 Å². The molecule has 0 atom stereocenters. The minimum atomic E-state index is -0.249. The summed E-state index contributed by atoms with van der Waals surface area (Å²) in [5.74, 6) is 0.623. The van der Waals surface area contributed by atoms with Crippen molar-refractivity contribution in [3.8, 4) is 5.75 Å². The van der Waals surface area contributed by atoms with E-state index in [0.717, 1.165) is 17.0 Å². The van der Waals surface area contributed by atoms with Gasteiger partial charge in [0, 0.05) is 19.2 Å². The SMILES string of the molecule is CC(C)Oc1ccc(CNC(=O)c2cnn3c4c(cnc23)C(=O)CC(C)(C)C4)cc1. The molecule has 0 saturated heterocycles. The van der Waals surface area contributed by atoms with Gasteiger partial charge in [-0.05, 0) is 43.4 Å². The molecule has 1 amide bonds. The van der Waals surface area contributed by atoms with Gasteiger partial charge in [0.2, 0.25) is 0 Å². The Bertz CT molecular complexity index is 1110. The molecule has 0 saturated carbocycles. The van der Waals surface area contributed by atoms with Gasteiger partial charge >= 0.3 is 0 Å². The third kappa shape index (κ3) is 3.92. The molecule has 0 radical (unpaired) electrons. The third-order valence-electron chi connectivity index (χ3n) is 5.20. The number of ketones is 1. The van der Waals surface area contributed by atoms with E-state index in [1.165, 1.54) is 6.20 Å². The van der Waals surface area contributed by atoms with E-state index < -0.39 is 0 Å². The standard InChI is InChI=1S/C23H26N4O3/c1-14(2)30-16-7-5-15(6-8-16)11-25-22(29)18-13-26-27-19-9-23(3,4)10-20(28)17(19)12-24-21(18)27/h5-8,12-14H,9-11H2,1-4H3,(H,25,29). The molecular formula is C23H26N4O3. The number of fused-ring (bicyclic) bond motifs is 3. The van der Waals surface area contributed by atoms with Crippen LogP contribution in [-0.4, -0.2) is 32.4 Å². The van der Waals surface area contributed by atoms with Crippen LogP contribution >= 0.6 is 0 Å². The maximum atomic E-state index is 12.8. The fraction of sp³-hybridized carbons (Fsp3) is 0.391. The Hall–Kier alpha value is -3.22. The topological polar surface area (TPSA) is 85.6 Å². The van der Waals surface area contributed by atoms with Gasteiger partial charge in [-0.25, -0.2) is 9.50 Å². The summed E-state index contributed by atoms with van der Waals surface area (Å²) in [6.45, 7) is 8.47. The van der Waals surface area contributed by atoms with Gasteiger partial charge in [0.15, 0.2) is 11.4 Å². The van der Waals surface area contributed by atoms with Crippen molar-refractivity contribution in [1.82, 2.24) is 19.9 Å². The molecule has 0 unspecified atom stereocenters. The Morgan fingerprint density at radius 2 is 1.93 bits per heavy atom. The summed E-state index contributed by atoms with van der Waals surface area (Å²) in [6, 6.07) is 7.64. The van der Waals surface area contributed by atoms with Gasteiger partial charge in [0.25, 0.3) is 5.91 Å². The van der Waals surface area contributed by atoms with E-state index in [1.54, 1.807) is 10.7 Å². The molecule has 0 aliphatic heterocycles. The van der Waals surface area contributed by atoms with Crippen LogP contribution in [0.25, 0.3) is 5.65 Å². The summed E-state index contributed by atoms with van der Waals surface area (Å²) >= 11 is 0. The molecule has 1 N–H and O–H groups in total. The van der Waals surface area contributed by atoms with Gasteiger partial charge in [0.05, 0.1) is 23.6 Å². The Morgan fingerprint density at radius 3 is 2.63 bits per heavy atom. The van der Waals surface area contributed by atoms with Crippen LogP contribution in [0.5, 0.6) is 5.75 Å². The predicted octanol–water partition coefficient (Wildman–Crippen LogP) is 3.60. The van der Waals surface area contributed by atoms with Crippen molar-refractivity contribution in [2.45, 2.75) is 53.2 Å². The molecule has 0 fully saturated rings. The monoisotopic (exact) mass is 406 g/mol. The number of amides is 1. The zero-order chi connectivity index (χ0) is 21.5. The summed E-state index contributed by atoms with van der Waals surface area (Å²) < 4.78 is 7.28. The van der Waals surface area contributed by atoms with Gasteiger partial charge in [0.1, 0.15) is 11.3 Å². The number of benzene rings is 1. The Balaban J connectivity index is 1.52. The maximum Gasteiger partial charge on any atom is 0.257 e. The lowest BCUT2D eigenvalue weighted by molar-refractivity contribution is 0.0907. The lowest BCUT2D eigenvalue weighted by Gasteiger charge is -2.29.